The first kappa shape index (κ1) is 27.6. The molecule has 2 N–H and O–H groups in total. The fourth-order valence-corrected chi connectivity index (χ4v) is 4.28. The minimum Gasteiger partial charge on any atom is -0.385 e. The van der Waals surface area contributed by atoms with Gasteiger partial charge in [-0.2, -0.15) is 13.2 Å². The van der Waals surface area contributed by atoms with Crippen LogP contribution in [0.2, 0.25) is 5.02 Å². The van der Waals surface area contributed by atoms with Crippen molar-refractivity contribution >= 4 is 38.5 Å². The van der Waals surface area contributed by atoms with E-state index in [1.807, 2.05) is 0 Å². The molecule has 3 rings (SSSR count). The molecule has 0 aromatic heterocycles. The fourth-order valence-electron chi connectivity index (χ4n) is 3.39. The van der Waals surface area contributed by atoms with Crippen molar-refractivity contribution in [3.05, 3.63) is 82.9 Å². The second kappa shape index (κ2) is 10.2. The van der Waals surface area contributed by atoms with Gasteiger partial charge >= 0.3 is 6.18 Å². The van der Waals surface area contributed by atoms with Gasteiger partial charge in [-0.3, -0.25) is 4.99 Å². The summed E-state index contributed by atoms with van der Waals surface area (Å²) in [6, 6.07) is 15.8. The van der Waals surface area contributed by atoms with E-state index >= 15 is 0 Å². The Hall–Kier alpha value is -3.01. The summed E-state index contributed by atoms with van der Waals surface area (Å²) in [5.74, 6) is 0. The van der Waals surface area contributed by atoms with E-state index in [2.05, 4.69) is 4.99 Å². The number of benzene rings is 3. The lowest BCUT2D eigenvalue weighted by Crippen LogP contribution is -2.32. The van der Waals surface area contributed by atoms with Crippen molar-refractivity contribution in [3.8, 4) is 11.1 Å². The van der Waals surface area contributed by atoms with Crippen LogP contribution in [0.4, 0.5) is 18.9 Å². The summed E-state index contributed by atoms with van der Waals surface area (Å²) in [4.78, 5) is 4.52. The van der Waals surface area contributed by atoms with E-state index in [1.54, 1.807) is 18.2 Å². The van der Waals surface area contributed by atoms with Crippen LogP contribution in [-0.2, 0) is 16.0 Å². The quantitative estimate of drug-likeness (QED) is 0.328. The highest BCUT2D eigenvalue weighted by Gasteiger charge is 2.35. The molecule has 0 fully saturated rings. The van der Waals surface area contributed by atoms with E-state index in [0.717, 1.165) is 12.3 Å². The van der Waals surface area contributed by atoms with Crippen LogP contribution in [0.5, 0.6) is 0 Å². The Morgan fingerprint density at radius 3 is 2.22 bits per heavy atom. The zero-order valence-corrected chi connectivity index (χ0v) is 21.3. The standard InChI is InChI=1S/C26H24ClF3N2O3S/c1-25(2,33)24(31)15-23(19-9-4-5-10-20(19)26(28,29)30)32-22-12-11-17(14-21(22)27)16-7-6-8-18(13-16)36(3,34)35/h4-14,31,33H,15H2,1-3H3. The van der Waals surface area contributed by atoms with Crippen molar-refractivity contribution in [1.82, 2.24) is 0 Å². The first-order valence-corrected chi connectivity index (χ1v) is 13.0. The van der Waals surface area contributed by atoms with Crippen molar-refractivity contribution < 1.29 is 26.7 Å². The van der Waals surface area contributed by atoms with Crippen LogP contribution in [0.1, 0.15) is 31.4 Å². The maximum absolute atomic E-state index is 13.7. The Morgan fingerprint density at radius 2 is 1.64 bits per heavy atom. The van der Waals surface area contributed by atoms with Gasteiger partial charge in [0.15, 0.2) is 9.84 Å². The van der Waals surface area contributed by atoms with Gasteiger partial charge in [0.25, 0.3) is 0 Å². The summed E-state index contributed by atoms with van der Waals surface area (Å²) in [6.07, 6.45) is -3.90. The Labute approximate surface area is 212 Å². The van der Waals surface area contributed by atoms with Gasteiger partial charge in [-0.05, 0) is 55.3 Å². The molecule has 0 heterocycles. The number of hydrogen-bond donors (Lipinski definition) is 2. The largest absolute Gasteiger partial charge is 0.417 e. The second-order valence-corrected chi connectivity index (χ2v) is 11.2. The van der Waals surface area contributed by atoms with Gasteiger partial charge in [0.1, 0.15) is 0 Å². The molecular formula is C26H24ClF3N2O3S. The molecule has 0 saturated heterocycles. The SMILES string of the molecule is CC(C)(O)C(=N)CC(=Nc1ccc(-c2cccc(S(C)(=O)=O)c2)cc1Cl)c1ccccc1C(F)(F)F. The van der Waals surface area contributed by atoms with Gasteiger partial charge in [0, 0.05) is 24.0 Å². The zero-order valence-electron chi connectivity index (χ0n) is 19.7. The number of rotatable bonds is 7. The number of aliphatic hydroxyl groups is 1. The van der Waals surface area contributed by atoms with Gasteiger partial charge in [-0.25, -0.2) is 8.42 Å². The van der Waals surface area contributed by atoms with Gasteiger partial charge in [-0.15, -0.1) is 0 Å². The average molecular weight is 537 g/mol. The number of hydrogen-bond acceptors (Lipinski definition) is 5. The third-order valence-electron chi connectivity index (χ3n) is 5.42. The van der Waals surface area contributed by atoms with Crippen LogP contribution in [-0.4, -0.2) is 36.8 Å². The first-order chi connectivity index (χ1) is 16.6. The van der Waals surface area contributed by atoms with Crippen LogP contribution in [0.3, 0.4) is 0 Å². The molecule has 36 heavy (non-hydrogen) atoms. The van der Waals surface area contributed by atoms with Crippen LogP contribution in [0.25, 0.3) is 11.1 Å². The summed E-state index contributed by atoms with van der Waals surface area (Å²) in [6.45, 7) is 2.74. The number of halogens is 4. The first-order valence-electron chi connectivity index (χ1n) is 10.7. The maximum Gasteiger partial charge on any atom is 0.417 e. The monoisotopic (exact) mass is 536 g/mol. The molecule has 0 aliphatic heterocycles. The molecule has 0 aliphatic rings. The highest BCUT2D eigenvalue weighted by molar-refractivity contribution is 7.90. The van der Waals surface area contributed by atoms with Crippen LogP contribution in [0, 0.1) is 5.41 Å². The lowest BCUT2D eigenvalue weighted by molar-refractivity contribution is -0.137. The molecular weight excluding hydrogens is 513 g/mol. The Balaban J connectivity index is 2.12. The Morgan fingerprint density at radius 1 is 1.00 bits per heavy atom. The predicted molar refractivity (Wildman–Crippen MR) is 136 cm³/mol. The molecule has 0 bridgehead atoms. The van der Waals surface area contributed by atoms with E-state index in [-0.39, 0.29) is 39.0 Å². The summed E-state index contributed by atoms with van der Waals surface area (Å²) >= 11 is 6.45. The highest BCUT2D eigenvalue weighted by atomic mass is 35.5. The van der Waals surface area contributed by atoms with Crippen molar-refractivity contribution in [2.75, 3.05) is 6.26 Å². The normalized spacial score (nSPS) is 13.1. The van der Waals surface area contributed by atoms with Crippen molar-refractivity contribution in [2.45, 2.75) is 36.9 Å². The smallest absolute Gasteiger partial charge is 0.385 e. The van der Waals surface area contributed by atoms with Crippen LogP contribution < -0.4 is 0 Å². The van der Waals surface area contributed by atoms with Crippen molar-refractivity contribution in [1.29, 1.82) is 5.41 Å². The van der Waals surface area contributed by atoms with E-state index < -0.39 is 27.2 Å². The molecule has 0 spiro atoms. The fraction of sp³-hybridized carbons (Fsp3) is 0.231. The van der Waals surface area contributed by atoms with Crippen LogP contribution >= 0.6 is 11.6 Å². The summed E-state index contributed by atoms with van der Waals surface area (Å²) in [5, 5.41) is 18.5. The van der Waals surface area contributed by atoms with E-state index in [4.69, 9.17) is 17.0 Å². The lowest BCUT2D eigenvalue weighted by Gasteiger charge is -2.21. The minimum absolute atomic E-state index is 0.0798. The van der Waals surface area contributed by atoms with E-state index in [9.17, 15) is 26.7 Å². The van der Waals surface area contributed by atoms with Crippen molar-refractivity contribution in [2.24, 2.45) is 4.99 Å². The van der Waals surface area contributed by atoms with Crippen LogP contribution in [0.15, 0.2) is 76.6 Å². The van der Waals surface area contributed by atoms with Gasteiger partial charge < -0.3 is 10.5 Å². The Kier molecular flexibility index (Phi) is 7.78. The molecule has 0 atom stereocenters. The number of sulfone groups is 1. The van der Waals surface area contributed by atoms with Gasteiger partial charge in [-0.1, -0.05) is 48.0 Å². The Bertz CT molecular complexity index is 1440. The van der Waals surface area contributed by atoms with Crippen molar-refractivity contribution in [3.63, 3.8) is 0 Å². The molecule has 0 aliphatic carbocycles. The number of aliphatic imine (C=N–C) groups is 1. The molecule has 3 aromatic rings. The summed E-state index contributed by atoms with van der Waals surface area (Å²) in [7, 11) is -3.43. The molecule has 0 amide bonds. The average Bonchev–Trinajstić information content (AvgIpc) is 2.78. The number of nitrogens with one attached hydrogen (secondary N) is 1. The predicted octanol–water partition coefficient (Wildman–Crippen LogP) is 6.73. The van der Waals surface area contributed by atoms with Gasteiger partial charge in [0.2, 0.25) is 0 Å². The second-order valence-electron chi connectivity index (χ2n) is 8.78. The molecule has 10 heteroatoms. The topological polar surface area (TPSA) is 90.6 Å². The van der Waals surface area contributed by atoms with Gasteiger partial charge in [0.05, 0.1) is 32.5 Å². The molecule has 0 radical (unpaired) electrons. The molecule has 0 unspecified atom stereocenters. The summed E-state index contributed by atoms with van der Waals surface area (Å²) in [5.41, 5.74) is -1.67. The lowest BCUT2D eigenvalue weighted by atomic mass is 9.92. The zero-order chi connectivity index (χ0) is 26.9. The van der Waals surface area contributed by atoms with E-state index in [1.165, 1.54) is 56.3 Å². The molecule has 0 saturated carbocycles. The third kappa shape index (κ3) is 6.60. The molecule has 5 nitrogen and oxygen atoms in total. The number of nitrogens with zero attached hydrogens (tertiary/aromatic N) is 1. The molecule has 190 valence electrons. The number of alkyl halides is 3. The highest BCUT2D eigenvalue weighted by Crippen LogP contribution is 2.36. The maximum atomic E-state index is 13.7. The molecule has 3 aromatic carbocycles. The van der Waals surface area contributed by atoms with E-state index in [0.29, 0.717) is 11.1 Å². The minimum atomic E-state index is -4.66. The third-order valence-corrected chi connectivity index (χ3v) is 6.84. The summed E-state index contributed by atoms with van der Waals surface area (Å²) < 4.78 is 65.0.